The highest BCUT2D eigenvalue weighted by Crippen LogP contribution is 2.44. The van der Waals surface area contributed by atoms with Crippen LogP contribution in [0.5, 0.6) is 0 Å². The summed E-state index contributed by atoms with van der Waals surface area (Å²) < 4.78 is 27.1. The molecule has 2 aliphatic heterocycles. The first kappa shape index (κ1) is 23.8. The second-order valence-electron chi connectivity index (χ2n) is 9.89. The van der Waals surface area contributed by atoms with Crippen LogP contribution in [0.4, 0.5) is 13.6 Å². The van der Waals surface area contributed by atoms with Crippen molar-refractivity contribution in [2.45, 2.75) is 44.7 Å². The van der Waals surface area contributed by atoms with Gasteiger partial charge in [0.15, 0.2) is 0 Å². The van der Waals surface area contributed by atoms with Crippen LogP contribution >= 0.6 is 0 Å². The number of fused-ring (bicyclic) bond motifs is 1. The van der Waals surface area contributed by atoms with Gasteiger partial charge < -0.3 is 5.32 Å². The molecule has 0 bridgehead atoms. The van der Waals surface area contributed by atoms with E-state index in [4.69, 9.17) is 5.10 Å². The van der Waals surface area contributed by atoms with Crippen molar-refractivity contribution in [3.8, 4) is 0 Å². The molecule has 2 heterocycles. The van der Waals surface area contributed by atoms with E-state index in [0.717, 1.165) is 41.0 Å². The quantitative estimate of drug-likeness (QED) is 0.642. The minimum absolute atomic E-state index is 0.139. The van der Waals surface area contributed by atoms with Gasteiger partial charge in [0.1, 0.15) is 23.7 Å². The number of hydrazone groups is 1. The fraction of sp³-hybridized carbons (Fsp3) is 0.333. The zero-order chi connectivity index (χ0) is 25.6. The van der Waals surface area contributed by atoms with Gasteiger partial charge in [-0.2, -0.15) is 5.10 Å². The normalized spacial score (nSPS) is 24.1. The predicted molar refractivity (Wildman–Crippen MR) is 129 cm³/mol. The van der Waals surface area contributed by atoms with Crippen LogP contribution in [0.2, 0.25) is 0 Å². The summed E-state index contributed by atoms with van der Waals surface area (Å²) in [5.74, 6) is -1.85. The third kappa shape index (κ3) is 4.29. The Morgan fingerprint density at radius 3 is 2.33 bits per heavy atom. The molecule has 1 saturated heterocycles. The third-order valence-corrected chi connectivity index (χ3v) is 6.92. The first-order chi connectivity index (χ1) is 17.1. The van der Waals surface area contributed by atoms with Crippen LogP contribution in [-0.2, 0) is 9.59 Å². The average Bonchev–Trinajstić information content (AvgIpc) is 3.32. The maximum Gasteiger partial charge on any atom is 0.325 e. The number of benzene rings is 2. The molecule has 2 unspecified atom stereocenters. The predicted octanol–water partition coefficient (Wildman–Crippen LogP) is 4.42. The zero-order valence-corrected chi connectivity index (χ0v) is 20.0. The van der Waals surface area contributed by atoms with Crippen LogP contribution in [0.25, 0.3) is 6.08 Å². The Kier molecular flexibility index (Phi) is 5.94. The number of amides is 4. The molecule has 0 radical (unpaired) electrons. The molecule has 3 aliphatic rings. The molecule has 186 valence electrons. The lowest BCUT2D eigenvalue weighted by atomic mass is 9.77. The highest BCUT2D eigenvalue weighted by Gasteiger charge is 2.48. The molecule has 2 aromatic rings. The van der Waals surface area contributed by atoms with Crippen molar-refractivity contribution in [2.75, 3.05) is 6.54 Å². The van der Waals surface area contributed by atoms with Gasteiger partial charge in [-0.15, -0.1) is 0 Å². The van der Waals surface area contributed by atoms with E-state index in [1.165, 1.54) is 29.3 Å². The van der Waals surface area contributed by atoms with E-state index in [-0.39, 0.29) is 11.7 Å². The number of carbonyl (C=O) groups excluding carboxylic acids is 3. The Labute approximate surface area is 207 Å². The fourth-order valence-corrected chi connectivity index (χ4v) is 5.13. The molecule has 4 amide bonds. The summed E-state index contributed by atoms with van der Waals surface area (Å²) in [6, 6.07) is 11.0. The molecular formula is C27H26F2N4O3. The van der Waals surface area contributed by atoms with E-state index in [0.29, 0.717) is 5.56 Å². The van der Waals surface area contributed by atoms with Gasteiger partial charge in [0.2, 0.25) is 0 Å². The number of carbonyl (C=O) groups is 3. The van der Waals surface area contributed by atoms with Crippen molar-refractivity contribution >= 4 is 29.6 Å². The molecule has 1 N–H and O–H groups in total. The summed E-state index contributed by atoms with van der Waals surface area (Å²) in [5, 5.41) is 8.62. The van der Waals surface area contributed by atoms with E-state index < -0.39 is 41.8 Å². The Hall–Kier alpha value is -3.88. The van der Waals surface area contributed by atoms with Gasteiger partial charge in [-0.1, -0.05) is 24.3 Å². The molecule has 9 heteroatoms. The molecule has 7 nitrogen and oxygen atoms in total. The van der Waals surface area contributed by atoms with Gasteiger partial charge in [0, 0.05) is 5.92 Å². The number of rotatable bonds is 4. The lowest BCUT2D eigenvalue weighted by molar-refractivity contribution is -0.140. The first-order valence-corrected chi connectivity index (χ1v) is 11.9. The monoisotopic (exact) mass is 492 g/mol. The molecule has 36 heavy (non-hydrogen) atoms. The van der Waals surface area contributed by atoms with Crippen LogP contribution in [0.15, 0.2) is 59.2 Å². The molecule has 2 fully saturated rings. The van der Waals surface area contributed by atoms with Crippen molar-refractivity contribution in [1.82, 2.24) is 15.2 Å². The highest BCUT2D eigenvalue weighted by atomic mass is 19.1. The molecule has 5 rings (SSSR count). The molecule has 0 aromatic heterocycles. The van der Waals surface area contributed by atoms with Gasteiger partial charge in [-0.25, -0.2) is 18.6 Å². The molecule has 0 spiro atoms. The van der Waals surface area contributed by atoms with Gasteiger partial charge in [0.25, 0.3) is 11.8 Å². The summed E-state index contributed by atoms with van der Waals surface area (Å²) in [7, 11) is 0. The van der Waals surface area contributed by atoms with Gasteiger partial charge in [-0.05, 0) is 80.2 Å². The Bertz CT molecular complexity index is 1290. The van der Waals surface area contributed by atoms with Gasteiger partial charge in [-0.3, -0.25) is 14.5 Å². The minimum atomic E-state index is -1.09. The number of hydrogen-bond donors (Lipinski definition) is 1. The number of urea groups is 1. The van der Waals surface area contributed by atoms with Crippen LogP contribution < -0.4 is 5.32 Å². The number of imide groups is 1. The molecule has 2 aromatic carbocycles. The second kappa shape index (κ2) is 8.96. The van der Waals surface area contributed by atoms with Gasteiger partial charge in [0.05, 0.1) is 11.8 Å². The standard InChI is InChI=1S/C27H26F2N4O3/c1-27(2)25(35)32(26(36)30-27)15-22(34)33-24(17-8-12-20(29)13-9-17)21-5-3-4-18(23(21)31-33)14-16-6-10-19(28)11-7-16/h6-14,21,24H,3-5,15H2,1-2H3,(H,30,36)/b18-14-. The number of halogens is 2. The largest absolute Gasteiger partial charge is 0.325 e. The Balaban J connectivity index is 1.50. The summed E-state index contributed by atoms with van der Waals surface area (Å²) in [4.78, 5) is 39.5. The van der Waals surface area contributed by atoms with Gasteiger partial charge >= 0.3 is 6.03 Å². The second-order valence-corrected chi connectivity index (χ2v) is 9.89. The summed E-state index contributed by atoms with van der Waals surface area (Å²) in [6.45, 7) is 2.71. The zero-order valence-electron chi connectivity index (χ0n) is 20.0. The fourth-order valence-electron chi connectivity index (χ4n) is 5.13. The van der Waals surface area contributed by atoms with Crippen LogP contribution in [0, 0.1) is 17.6 Å². The lowest BCUT2D eigenvalue weighted by Crippen LogP contribution is -2.44. The number of hydrogen-bond acceptors (Lipinski definition) is 4. The first-order valence-electron chi connectivity index (χ1n) is 11.9. The summed E-state index contributed by atoms with van der Waals surface area (Å²) in [5.41, 5.74) is 2.12. The Morgan fingerprint density at radius 2 is 1.72 bits per heavy atom. The smallest absolute Gasteiger partial charge is 0.324 e. The lowest BCUT2D eigenvalue weighted by Gasteiger charge is -2.30. The molecule has 1 aliphatic carbocycles. The highest BCUT2D eigenvalue weighted by molar-refractivity contribution is 6.10. The number of nitrogens with one attached hydrogen (secondary N) is 1. The van der Waals surface area contributed by atoms with Crippen molar-refractivity contribution in [2.24, 2.45) is 11.0 Å². The van der Waals surface area contributed by atoms with E-state index in [1.54, 1.807) is 38.1 Å². The molecule has 1 saturated carbocycles. The maximum atomic E-state index is 13.7. The number of nitrogens with zero attached hydrogens (tertiary/aromatic N) is 3. The van der Waals surface area contributed by atoms with Crippen LogP contribution in [-0.4, -0.2) is 45.5 Å². The van der Waals surface area contributed by atoms with Crippen LogP contribution in [0.3, 0.4) is 0 Å². The van der Waals surface area contributed by atoms with E-state index >= 15 is 0 Å². The molecule has 2 atom stereocenters. The van der Waals surface area contributed by atoms with Crippen molar-refractivity contribution in [1.29, 1.82) is 0 Å². The third-order valence-electron chi connectivity index (χ3n) is 6.92. The van der Waals surface area contributed by atoms with E-state index in [9.17, 15) is 23.2 Å². The maximum absolute atomic E-state index is 13.7. The summed E-state index contributed by atoms with van der Waals surface area (Å²) >= 11 is 0. The Morgan fingerprint density at radius 1 is 1.08 bits per heavy atom. The summed E-state index contributed by atoms with van der Waals surface area (Å²) in [6.07, 6.45) is 4.31. The van der Waals surface area contributed by atoms with Crippen LogP contribution in [0.1, 0.15) is 50.3 Å². The van der Waals surface area contributed by atoms with E-state index in [2.05, 4.69) is 5.32 Å². The molecular weight excluding hydrogens is 466 g/mol. The van der Waals surface area contributed by atoms with Crippen molar-refractivity contribution in [3.63, 3.8) is 0 Å². The topological polar surface area (TPSA) is 82.1 Å². The van der Waals surface area contributed by atoms with E-state index in [1.807, 2.05) is 6.08 Å². The number of allylic oxidation sites excluding steroid dienone is 1. The van der Waals surface area contributed by atoms with Crippen molar-refractivity contribution < 1.29 is 23.2 Å². The SMILES string of the molecule is CC1(C)NC(=O)N(CC(=O)N2N=C3/C(=C\c4ccc(F)cc4)CCCC3C2c2ccc(F)cc2)C1=O. The minimum Gasteiger partial charge on any atom is -0.324 e. The average molecular weight is 493 g/mol. The van der Waals surface area contributed by atoms with Crippen molar-refractivity contribution in [3.05, 3.63) is 76.9 Å².